The van der Waals surface area contributed by atoms with Gasteiger partial charge in [0.2, 0.25) is 5.91 Å². The van der Waals surface area contributed by atoms with Crippen molar-refractivity contribution in [2.45, 2.75) is 19.3 Å². The molecule has 0 N–H and O–H groups in total. The van der Waals surface area contributed by atoms with Crippen LogP contribution in [0.1, 0.15) is 24.8 Å². The van der Waals surface area contributed by atoms with Gasteiger partial charge >= 0.3 is 0 Å². The zero-order chi connectivity index (χ0) is 16.8. The van der Waals surface area contributed by atoms with Crippen LogP contribution < -0.4 is 4.90 Å². The lowest BCUT2D eigenvalue weighted by molar-refractivity contribution is -0.118. The summed E-state index contributed by atoms with van der Waals surface area (Å²) in [5.74, 6) is 0.275. The number of hydrogen-bond donors (Lipinski definition) is 0. The first-order valence-electron chi connectivity index (χ1n) is 8.23. The largest absolute Gasteiger partial charge is 0.281 e. The van der Waals surface area contributed by atoms with E-state index in [0.717, 1.165) is 11.4 Å². The lowest BCUT2D eigenvalue weighted by Gasteiger charge is -2.24. The Hall–Kier alpha value is -2.87. The third-order valence-corrected chi connectivity index (χ3v) is 4.13. The van der Waals surface area contributed by atoms with Gasteiger partial charge in [-0.3, -0.25) is 9.69 Å². The predicted molar refractivity (Wildman–Crippen MR) is 99.5 cm³/mol. The average Bonchev–Trinajstić information content (AvgIpc) is 2.64. The van der Waals surface area contributed by atoms with E-state index < -0.39 is 0 Å². The second-order valence-corrected chi connectivity index (χ2v) is 5.92. The molecule has 0 saturated heterocycles. The van der Waals surface area contributed by atoms with Crippen molar-refractivity contribution < 1.29 is 4.79 Å². The van der Waals surface area contributed by atoms with E-state index >= 15 is 0 Å². The van der Waals surface area contributed by atoms with E-state index in [2.05, 4.69) is 19.1 Å². The van der Waals surface area contributed by atoms with Gasteiger partial charge in [-0.2, -0.15) is 0 Å². The fourth-order valence-electron chi connectivity index (χ4n) is 2.84. The Balaban J connectivity index is 1.87. The highest BCUT2D eigenvalue weighted by Gasteiger charge is 2.20. The Labute approximate surface area is 143 Å². The van der Waals surface area contributed by atoms with Crippen LogP contribution in [0.4, 0.5) is 11.4 Å². The summed E-state index contributed by atoms with van der Waals surface area (Å²) in [7, 11) is 0. The van der Waals surface area contributed by atoms with Crippen LogP contribution in [0.3, 0.4) is 0 Å². The number of benzene rings is 3. The summed E-state index contributed by atoms with van der Waals surface area (Å²) >= 11 is 0. The van der Waals surface area contributed by atoms with Gasteiger partial charge in [-0.05, 0) is 35.7 Å². The van der Waals surface area contributed by atoms with Crippen LogP contribution in [0.25, 0.3) is 0 Å². The Morgan fingerprint density at radius 3 is 1.62 bits per heavy atom. The van der Waals surface area contributed by atoms with Gasteiger partial charge in [-0.25, -0.2) is 0 Å². The minimum atomic E-state index is 0.101. The average molecular weight is 315 g/mol. The monoisotopic (exact) mass is 315 g/mol. The molecule has 2 nitrogen and oxygen atoms in total. The molecule has 0 aliphatic rings. The molecule has 3 aromatic rings. The Kier molecular flexibility index (Phi) is 5.07. The maximum Gasteiger partial charge on any atom is 0.232 e. The van der Waals surface area contributed by atoms with Crippen LogP contribution in [-0.2, 0) is 4.79 Å². The summed E-state index contributed by atoms with van der Waals surface area (Å²) in [4.78, 5) is 14.9. The van der Waals surface area contributed by atoms with Crippen LogP contribution in [0.5, 0.6) is 0 Å². The summed E-state index contributed by atoms with van der Waals surface area (Å²) in [6, 6.07) is 29.8. The zero-order valence-electron chi connectivity index (χ0n) is 13.8. The van der Waals surface area contributed by atoms with Gasteiger partial charge in [0.05, 0.1) is 0 Å². The first kappa shape index (κ1) is 16.0. The van der Waals surface area contributed by atoms with E-state index in [9.17, 15) is 4.79 Å². The van der Waals surface area contributed by atoms with Gasteiger partial charge in [0, 0.05) is 17.8 Å². The van der Waals surface area contributed by atoms with Crippen LogP contribution in [0.2, 0.25) is 0 Å². The number of carbonyl (C=O) groups is 1. The van der Waals surface area contributed by atoms with Crippen molar-refractivity contribution in [1.82, 2.24) is 0 Å². The van der Waals surface area contributed by atoms with Gasteiger partial charge < -0.3 is 0 Å². The van der Waals surface area contributed by atoms with Gasteiger partial charge in [0.15, 0.2) is 0 Å². The lowest BCUT2D eigenvalue weighted by atomic mass is 9.97. The Bertz CT molecular complexity index is 729. The molecule has 0 heterocycles. The molecule has 0 aliphatic carbocycles. The molecule has 0 fully saturated rings. The number of anilines is 2. The highest BCUT2D eigenvalue weighted by Crippen LogP contribution is 2.28. The van der Waals surface area contributed by atoms with Crippen LogP contribution in [-0.4, -0.2) is 5.91 Å². The number of para-hydroxylation sites is 2. The molecule has 0 aliphatic heterocycles. The fourth-order valence-corrected chi connectivity index (χ4v) is 2.84. The highest BCUT2D eigenvalue weighted by molar-refractivity contribution is 6.00. The van der Waals surface area contributed by atoms with Crippen molar-refractivity contribution in [3.63, 3.8) is 0 Å². The zero-order valence-corrected chi connectivity index (χ0v) is 13.8. The molecule has 0 unspecified atom stereocenters. The van der Waals surface area contributed by atoms with Gasteiger partial charge in [0.1, 0.15) is 0 Å². The van der Waals surface area contributed by atoms with E-state index in [1.165, 1.54) is 5.56 Å². The SMILES string of the molecule is C[C@H](CC(=O)N(c1ccccc1)c1ccccc1)c1ccccc1. The number of carbonyl (C=O) groups excluding carboxylic acids is 1. The maximum atomic E-state index is 13.1. The van der Waals surface area contributed by atoms with Crippen LogP contribution in [0.15, 0.2) is 91.0 Å². The third-order valence-electron chi connectivity index (χ3n) is 4.13. The molecule has 1 amide bonds. The first-order chi connectivity index (χ1) is 11.8. The second kappa shape index (κ2) is 7.60. The van der Waals surface area contributed by atoms with Gasteiger partial charge in [-0.1, -0.05) is 73.7 Å². The van der Waals surface area contributed by atoms with Gasteiger partial charge in [-0.15, -0.1) is 0 Å². The molecule has 0 bridgehead atoms. The first-order valence-corrected chi connectivity index (χ1v) is 8.23. The standard InChI is InChI=1S/C22H21NO/c1-18(19-11-5-2-6-12-19)17-22(24)23(20-13-7-3-8-14-20)21-15-9-4-10-16-21/h2-16,18H,17H2,1H3/t18-/m1/s1. The van der Waals surface area contributed by atoms with E-state index in [-0.39, 0.29) is 11.8 Å². The second-order valence-electron chi connectivity index (χ2n) is 5.92. The number of hydrogen-bond acceptors (Lipinski definition) is 1. The van der Waals surface area contributed by atoms with Crippen molar-refractivity contribution in [1.29, 1.82) is 0 Å². The maximum absolute atomic E-state index is 13.1. The Morgan fingerprint density at radius 1 is 0.750 bits per heavy atom. The molecule has 3 aromatic carbocycles. The fraction of sp³-hybridized carbons (Fsp3) is 0.136. The summed E-state index contributed by atoms with van der Waals surface area (Å²) in [6.45, 7) is 2.10. The molecule has 120 valence electrons. The highest BCUT2D eigenvalue weighted by atomic mass is 16.2. The summed E-state index contributed by atoms with van der Waals surface area (Å²) in [6.07, 6.45) is 0.466. The minimum Gasteiger partial charge on any atom is -0.281 e. The van der Waals surface area contributed by atoms with E-state index in [4.69, 9.17) is 0 Å². The van der Waals surface area contributed by atoms with Crippen LogP contribution in [0, 0.1) is 0 Å². The number of nitrogens with zero attached hydrogens (tertiary/aromatic N) is 1. The van der Waals surface area contributed by atoms with Gasteiger partial charge in [0.25, 0.3) is 0 Å². The molecular weight excluding hydrogens is 294 g/mol. The molecular formula is C22H21NO. The normalized spacial score (nSPS) is 11.7. The van der Waals surface area contributed by atoms with Crippen molar-refractivity contribution in [3.8, 4) is 0 Å². The van der Waals surface area contributed by atoms with E-state index in [0.29, 0.717) is 6.42 Å². The molecule has 0 saturated carbocycles. The quantitative estimate of drug-likeness (QED) is 0.605. The molecule has 0 radical (unpaired) electrons. The van der Waals surface area contributed by atoms with Crippen molar-refractivity contribution >= 4 is 17.3 Å². The summed E-state index contributed by atoms with van der Waals surface area (Å²) < 4.78 is 0. The molecule has 1 atom stereocenters. The van der Waals surface area contributed by atoms with Crippen molar-refractivity contribution in [2.24, 2.45) is 0 Å². The molecule has 0 aromatic heterocycles. The topological polar surface area (TPSA) is 20.3 Å². The lowest BCUT2D eigenvalue weighted by Crippen LogP contribution is -2.26. The third kappa shape index (κ3) is 3.72. The summed E-state index contributed by atoms with van der Waals surface area (Å²) in [5, 5.41) is 0. The van der Waals surface area contributed by atoms with E-state index in [1.54, 1.807) is 4.90 Å². The predicted octanol–water partition coefficient (Wildman–Crippen LogP) is 5.55. The number of rotatable bonds is 5. The Morgan fingerprint density at radius 2 is 1.17 bits per heavy atom. The summed E-state index contributed by atoms with van der Waals surface area (Å²) in [5.41, 5.74) is 2.98. The van der Waals surface area contributed by atoms with Crippen molar-refractivity contribution in [2.75, 3.05) is 4.90 Å². The number of amides is 1. The van der Waals surface area contributed by atoms with Crippen molar-refractivity contribution in [3.05, 3.63) is 96.6 Å². The molecule has 0 spiro atoms. The molecule has 2 heteroatoms. The van der Waals surface area contributed by atoms with Crippen LogP contribution >= 0.6 is 0 Å². The molecule has 24 heavy (non-hydrogen) atoms. The van der Waals surface area contributed by atoms with E-state index in [1.807, 2.05) is 78.9 Å². The smallest absolute Gasteiger partial charge is 0.232 e. The minimum absolute atomic E-state index is 0.101. The molecule has 3 rings (SSSR count).